The maximum atomic E-state index is 8.65. The van der Waals surface area contributed by atoms with Gasteiger partial charge in [-0.2, -0.15) is 5.26 Å². The molecule has 3 aromatic rings. The Morgan fingerprint density at radius 1 is 1.10 bits per heavy atom. The van der Waals surface area contributed by atoms with Crippen LogP contribution in [0.2, 0.25) is 0 Å². The van der Waals surface area contributed by atoms with Gasteiger partial charge in [0.15, 0.2) is 11.1 Å². The smallest absolute Gasteiger partial charge is 0.165 e. The summed E-state index contributed by atoms with van der Waals surface area (Å²) in [6.07, 6.45) is 3.70. The van der Waals surface area contributed by atoms with E-state index in [1.54, 1.807) is 17.2 Å². The first-order valence-corrected chi connectivity index (χ1v) is 6.65. The molecule has 0 aliphatic carbocycles. The fraction of sp³-hybridized carbons (Fsp3) is 0.200. The number of fused-ring (bicyclic) bond motifs is 1. The number of hydrogen-bond donors (Lipinski definition) is 1. The lowest BCUT2D eigenvalue weighted by Gasteiger charge is -2.07. The van der Waals surface area contributed by atoms with Gasteiger partial charge in [0.05, 0.1) is 31.7 Å². The Bertz CT molecular complexity index is 853. The van der Waals surface area contributed by atoms with Crippen LogP contribution in [-0.2, 0) is 13.1 Å². The Balaban J connectivity index is 1.98. The Labute approximate surface area is 121 Å². The van der Waals surface area contributed by atoms with E-state index in [9.17, 15) is 0 Å². The van der Waals surface area contributed by atoms with E-state index in [0.717, 1.165) is 5.56 Å². The number of aromatic nitrogens is 4. The van der Waals surface area contributed by atoms with E-state index in [1.807, 2.05) is 34.9 Å². The van der Waals surface area contributed by atoms with E-state index < -0.39 is 0 Å². The van der Waals surface area contributed by atoms with Crippen molar-refractivity contribution in [2.45, 2.75) is 19.5 Å². The van der Waals surface area contributed by atoms with Gasteiger partial charge < -0.3 is 9.13 Å². The van der Waals surface area contributed by atoms with Crippen LogP contribution in [0, 0.1) is 16.7 Å². The maximum absolute atomic E-state index is 8.65. The van der Waals surface area contributed by atoms with Gasteiger partial charge in [-0.1, -0.05) is 30.3 Å². The molecule has 0 fully saturated rings. The van der Waals surface area contributed by atoms with Gasteiger partial charge >= 0.3 is 0 Å². The van der Waals surface area contributed by atoms with Crippen LogP contribution in [0.4, 0.5) is 0 Å². The van der Waals surface area contributed by atoms with Crippen LogP contribution in [-0.4, -0.2) is 19.1 Å². The summed E-state index contributed by atoms with van der Waals surface area (Å²) < 4.78 is 3.57. The number of imidazole rings is 1. The first-order chi connectivity index (χ1) is 10.3. The molecular weight excluding hydrogens is 264 g/mol. The van der Waals surface area contributed by atoms with Gasteiger partial charge in [-0.05, 0) is 5.56 Å². The molecule has 2 aromatic heterocycles. The van der Waals surface area contributed by atoms with E-state index in [0.29, 0.717) is 36.2 Å². The summed E-state index contributed by atoms with van der Waals surface area (Å²) in [6, 6.07) is 12.0. The highest BCUT2D eigenvalue weighted by molar-refractivity contribution is 5.68. The topological polar surface area (TPSA) is 83.3 Å². The third-order valence-electron chi connectivity index (χ3n) is 3.30. The molecule has 0 radical (unpaired) electrons. The lowest BCUT2D eigenvalue weighted by Crippen LogP contribution is -2.21. The zero-order valence-corrected chi connectivity index (χ0v) is 11.4. The SMILES string of the molecule is N#CCCn1cnc2c(=N)n(Cc3ccccc3)cnc21. The quantitative estimate of drug-likeness (QED) is 0.788. The highest BCUT2D eigenvalue weighted by Gasteiger charge is 2.08. The first-order valence-electron chi connectivity index (χ1n) is 6.65. The average molecular weight is 278 g/mol. The molecule has 104 valence electrons. The van der Waals surface area contributed by atoms with E-state index in [1.165, 1.54) is 0 Å². The lowest BCUT2D eigenvalue weighted by atomic mass is 10.2. The minimum atomic E-state index is 0.333. The summed E-state index contributed by atoms with van der Waals surface area (Å²) in [4.78, 5) is 8.64. The fourth-order valence-electron chi connectivity index (χ4n) is 2.23. The van der Waals surface area contributed by atoms with Crippen molar-refractivity contribution in [3.8, 4) is 6.07 Å². The molecule has 3 rings (SSSR count). The minimum absolute atomic E-state index is 0.333. The molecule has 21 heavy (non-hydrogen) atoms. The number of rotatable bonds is 4. The Morgan fingerprint density at radius 3 is 2.62 bits per heavy atom. The zero-order chi connectivity index (χ0) is 14.7. The molecule has 0 atom stereocenters. The van der Waals surface area contributed by atoms with E-state index in [2.05, 4.69) is 16.0 Å². The van der Waals surface area contributed by atoms with Gasteiger partial charge in [0.25, 0.3) is 0 Å². The minimum Gasteiger partial charge on any atom is -0.314 e. The molecule has 0 saturated carbocycles. The van der Waals surface area contributed by atoms with Crippen LogP contribution in [0.5, 0.6) is 0 Å². The van der Waals surface area contributed by atoms with Crippen LogP contribution < -0.4 is 5.49 Å². The van der Waals surface area contributed by atoms with Crippen molar-refractivity contribution in [3.63, 3.8) is 0 Å². The summed E-state index contributed by atoms with van der Waals surface area (Å²) in [5, 5.41) is 16.9. The summed E-state index contributed by atoms with van der Waals surface area (Å²) >= 11 is 0. The predicted molar refractivity (Wildman–Crippen MR) is 77.1 cm³/mol. The molecule has 1 N–H and O–H groups in total. The standard InChI is InChI=1S/C15H14N6/c16-7-4-8-20-10-18-13-14(17)21(11-19-15(13)20)9-12-5-2-1-3-6-12/h1-3,5-6,10-11,17H,4,8-9H2. The second kappa shape index (κ2) is 5.59. The van der Waals surface area contributed by atoms with Crippen molar-refractivity contribution in [3.05, 3.63) is 54.0 Å². The highest BCUT2D eigenvalue weighted by Crippen LogP contribution is 2.07. The van der Waals surface area contributed by atoms with Crippen LogP contribution in [0.15, 0.2) is 43.0 Å². The summed E-state index contributed by atoms with van der Waals surface area (Å²) in [6.45, 7) is 1.13. The molecule has 0 saturated heterocycles. The first kappa shape index (κ1) is 13.1. The molecule has 1 aromatic carbocycles. The molecule has 0 aliphatic heterocycles. The van der Waals surface area contributed by atoms with Gasteiger partial charge in [0, 0.05) is 6.54 Å². The van der Waals surface area contributed by atoms with Gasteiger partial charge in [0.1, 0.15) is 5.52 Å². The highest BCUT2D eigenvalue weighted by atomic mass is 15.1. The second-order valence-corrected chi connectivity index (χ2v) is 4.72. The second-order valence-electron chi connectivity index (χ2n) is 4.72. The van der Waals surface area contributed by atoms with E-state index in [-0.39, 0.29) is 0 Å². The zero-order valence-electron chi connectivity index (χ0n) is 11.4. The Kier molecular flexibility index (Phi) is 3.48. The third-order valence-corrected chi connectivity index (χ3v) is 3.30. The van der Waals surface area contributed by atoms with Crippen LogP contribution >= 0.6 is 0 Å². The monoisotopic (exact) mass is 278 g/mol. The Morgan fingerprint density at radius 2 is 1.86 bits per heavy atom. The molecule has 0 spiro atoms. The largest absolute Gasteiger partial charge is 0.314 e. The summed E-state index contributed by atoms with van der Waals surface area (Å²) in [7, 11) is 0. The van der Waals surface area contributed by atoms with E-state index >= 15 is 0 Å². The van der Waals surface area contributed by atoms with Crippen LogP contribution in [0.25, 0.3) is 11.2 Å². The maximum Gasteiger partial charge on any atom is 0.165 e. The van der Waals surface area contributed by atoms with Gasteiger partial charge in [-0.25, -0.2) is 9.97 Å². The molecule has 0 unspecified atom stereocenters. The molecule has 0 aliphatic rings. The van der Waals surface area contributed by atoms with Crippen molar-refractivity contribution >= 4 is 11.2 Å². The average Bonchev–Trinajstić information content (AvgIpc) is 2.93. The lowest BCUT2D eigenvalue weighted by molar-refractivity contribution is 0.705. The number of nitrogens with zero attached hydrogens (tertiary/aromatic N) is 5. The summed E-state index contributed by atoms with van der Waals surface area (Å²) in [5.41, 5.74) is 2.66. The third kappa shape index (κ3) is 2.54. The molecule has 0 bridgehead atoms. The number of benzene rings is 1. The van der Waals surface area contributed by atoms with Crippen molar-refractivity contribution in [2.24, 2.45) is 0 Å². The number of nitriles is 1. The molecule has 2 heterocycles. The van der Waals surface area contributed by atoms with Crippen molar-refractivity contribution in [1.29, 1.82) is 10.7 Å². The molecule has 6 heteroatoms. The predicted octanol–water partition coefficient (Wildman–Crippen LogP) is 1.67. The number of nitrogens with one attached hydrogen (secondary N) is 1. The summed E-state index contributed by atoms with van der Waals surface area (Å²) in [5.74, 6) is 0. The van der Waals surface area contributed by atoms with Gasteiger partial charge in [-0.3, -0.25) is 5.41 Å². The van der Waals surface area contributed by atoms with Crippen molar-refractivity contribution < 1.29 is 0 Å². The van der Waals surface area contributed by atoms with Gasteiger partial charge in [-0.15, -0.1) is 0 Å². The number of aryl methyl sites for hydroxylation is 1. The number of hydrogen-bond acceptors (Lipinski definition) is 4. The van der Waals surface area contributed by atoms with E-state index in [4.69, 9.17) is 10.7 Å². The van der Waals surface area contributed by atoms with Crippen molar-refractivity contribution in [1.82, 2.24) is 19.1 Å². The van der Waals surface area contributed by atoms with Crippen LogP contribution in [0.3, 0.4) is 0 Å². The molecule has 6 nitrogen and oxygen atoms in total. The van der Waals surface area contributed by atoms with Crippen LogP contribution in [0.1, 0.15) is 12.0 Å². The molecule has 0 amide bonds. The normalized spacial score (nSPS) is 10.6. The fourth-order valence-corrected chi connectivity index (χ4v) is 2.23. The molecular formula is C15H14N6. The van der Waals surface area contributed by atoms with Gasteiger partial charge in [0.2, 0.25) is 0 Å². The van der Waals surface area contributed by atoms with Crippen molar-refractivity contribution in [2.75, 3.05) is 0 Å². The Hall–Kier alpha value is -2.94.